The van der Waals surface area contributed by atoms with Gasteiger partial charge in [-0.2, -0.15) is 0 Å². The maximum Gasteiger partial charge on any atom is 0.417 e. The fourth-order valence-electron chi connectivity index (χ4n) is 1.69. The summed E-state index contributed by atoms with van der Waals surface area (Å²) in [4.78, 5) is 37.4. The number of ether oxygens (including phenoxy) is 1. The van der Waals surface area contributed by atoms with Crippen LogP contribution in [-0.4, -0.2) is 40.1 Å². The van der Waals surface area contributed by atoms with Crippen LogP contribution in [0.25, 0.3) is 11.0 Å². The molecule has 0 saturated carbocycles. The third-order valence-electron chi connectivity index (χ3n) is 2.46. The monoisotopic (exact) mass is 248 g/mol. The number of rotatable bonds is 2. The van der Waals surface area contributed by atoms with Gasteiger partial charge < -0.3 is 9.84 Å². The van der Waals surface area contributed by atoms with Crippen molar-refractivity contribution in [2.24, 2.45) is 0 Å². The summed E-state index contributed by atoms with van der Waals surface area (Å²) >= 11 is 0. The summed E-state index contributed by atoms with van der Waals surface area (Å²) in [7, 11) is 1.17. The van der Waals surface area contributed by atoms with Crippen LogP contribution in [0.4, 0.5) is 4.79 Å². The number of methoxy groups -OCH3 is 1. The lowest BCUT2D eigenvalue weighted by molar-refractivity contribution is 0.0603. The van der Waals surface area contributed by atoms with Crippen LogP contribution in [0.15, 0.2) is 18.5 Å². The Labute approximate surface area is 101 Å². The molecule has 0 radical (unpaired) electrons. The Bertz CT molecular complexity index is 659. The molecule has 7 nitrogen and oxygen atoms in total. The highest BCUT2D eigenvalue weighted by atomic mass is 16.5. The molecule has 2 aromatic rings. The first-order valence-electron chi connectivity index (χ1n) is 4.87. The molecule has 0 aliphatic heterocycles. The minimum atomic E-state index is -1.30. The van der Waals surface area contributed by atoms with Gasteiger partial charge in [-0.15, -0.1) is 0 Å². The standard InChI is InChI=1S/C11H8N2O5/c1-18-10(15)7-4-13(11(16)17)9-8(7)6(5-14)2-3-12-9/h2-5H,1H3,(H,16,17). The van der Waals surface area contributed by atoms with Gasteiger partial charge in [0.05, 0.1) is 12.7 Å². The molecule has 0 aliphatic carbocycles. The number of fused-ring (bicyclic) bond motifs is 1. The molecule has 0 unspecified atom stereocenters. The van der Waals surface area contributed by atoms with Gasteiger partial charge in [0.1, 0.15) is 0 Å². The molecule has 92 valence electrons. The molecule has 18 heavy (non-hydrogen) atoms. The molecule has 0 bridgehead atoms. The van der Waals surface area contributed by atoms with Crippen molar-refractivity contribution in [1.82, 2.24) is 9.55 Å². The van der Waals surface area contributed by atoms with Crippen molar-refractivity contribution >= 4 is 29.4 Å². The van der Waals surface area contributed by atoms with Crippen molar-refractivity contribution in [3.8, 4) is 0 Å². The van der Waals surface area contributed by atoms with E-state index in [9.17, 15) is 14.4 Å². The van der Waals surface area contributed by atoms with Gasteiger partial charge in [-0.1, -0.05) is 0 Å². The lowest BCUT2D eigenvalue weighted by atomic mass is 10.1. The third kappa shape index (κ3) is 1.61. The Kier molecular flexibility index (Phi) is 2.80. The number of hydrogen-bond acceptors (Lipinski definition) is 5. The second kappa shape index (κ2) is 4.28. The van der Waals surface area contributed by atoms with E-state index >= 15 is 0 Å². The van der Waals surface area contributed by atoms with Crippen molar-refractivity contribution in [3.63, 3.8) is 0 Å². The summed E-state index contributed by atoms with van der Waals surface area (Å²) in [6.07, 6.45) is 1.61. The summed E-state index contributed by atoms with van der Waals surface area (Å²) < 4.78 is 5.32. The second-order valence-electron chi connectivity index (χ2n) is 3.40. The smallest absolute Gasteiger partial charge is 0.417 e. The molecular formula is C11H8N2O5. The lowest BCUT2D eigenvalue weighted by Gasteiger charge is -1.98. The van der Waals surface area contributed by atoms with E-state index in [1.54, 1.807) is 0 Å². The molecule has 0 aromatic carbocycles. The molecule has 7 heteroatoms. The van der Waals surface area contributed by atoms with Crippen molar-refractivity contribution in [2.45, 2.75) is 0 Å². The van der Waals surface area contributed by atoms with E-state index in [2.05, 4.69) is 9.72 Å². The topological polar surface area (TPSA) is 98.5 Å². The van der Waals surface area contributed by atoms with Gasteiger partial charge in [-0.25, -0.2) is 19.1 Å². The van der Waals surface area contributed by atoms with Gasteiger partial charge in [0, 0.05) is 23.3 Å². The average molecular weight is 248 g/mol. The van der Waals surface area contributed by atoms with Crippen LogP contribution < -0.4 is 0 Å². The van der Waals surface area contributed by atoms with Crippen LogP contribution in [0.5, 0.6) is 0 Å². The zero-order valence-electron chi connectivity index (χ0n) is 9.28. The summed E-state index contributed by atoms with van der Waals surface area (Å²) in [5, 5.41) is 9.17. The van der Waals surface area contributed by atoms with Crippen molar-refractivity contribution in [2.75, 3.05) is 7.11 Å². The third-order valence-corrected chi connectivity index (χ3v) is 2.46. The molecule has 0 spiro atoms. The normalized spacial score (nSPS) is 10.3. The van der Waals surface area contributed by atoms with Gasteiger partial charge >= 0.3 is 12.1 Å². The number of aldehydes is 1. The van der Waals surface area contributed by atoms with E-state index in [4.69, 9.17) is 5.11 Å². The average Bonchev–Trinajstić information content (AvgIpc) is 2.77. The predicted molar refractivity (Wildman–Crippen MR) is 59.9 cm³/mol. The molecule has 2 heterocycles. The van der Waals surface area contributed by atoms with Gasteiger partial charge in [0.2, 0.25) is 0 Å². The Morgan fingerprint density at radius 2 is 2.22 bits per heavy atom. The fourth-order valence-corrected chi connectivity index (χ4v) is 1.69. The minimum absolute atomic E-state index is 0.00917. The fraction of sp³-hybridized carbons (Fsp3) is 0.0909. The number of carbonyl (C=O) groups is 3. The highest BCUT2D eigenvalue weighted by Crippen LogP contribution is 2.23. The minimum Gasteiger partial charge on any atom is -0.465 e. The summed E-state index contributed by atoms with van der Waals surface area (Å²) in [6.45, 7) is 0. The van der Waals surface area contributed by atoms with E-state index in [0.717, 1.165) is 10.8 Å². The van der Waals surface area contributed by atoms with E-state index in [1.807, 2.05) is 0 Å². The first-order valence-corrected chi connectivity index (χ1v) is 4.87. The van der Waals surface area contributed by atoms with Crippen LogP contribution in [0.1, 0.15) is 20.7 Å². The Hall–Kier alpha value is -2.70. The van der Waals surface area contributed by atoms with Crippen molar-refractivity contribution < 1.29 is 24.2 Å². The molecule has 0 aliphatic rings. The SMILES string of the molecule is COC(=O)c1cn(C(=O)O)c2nccc(C=O)c12. The molecule has 2 aromatic heterocycles. The van der Waals surface area contributed by atoms with E-state index < -0.39 is 12.1 Å². The number of carboxylic acid groups (broad SMARTS) is 1. The molecule has 2 rings (SSSR count). The second-order valence-corrected chi connectivity index (χ2v) is 3.40. The van der Waals surface area contributed by atoms with Crippen LogP contribution in [0, 0.1) is 0 Å². The highest BCUT2D eigenvalue weighted by Gasteiger charge is 2.21. The first-order chi connectivity index (χ1) is 8.60. The number of carbonyl (C=O) groups excluding carboxylic acids is 2. The van der Waals surface area contributed by atoms with Crippen LogP contribution in [0.2, 0.25) is 0 Å². The number of nitrogens with zero attached hydrogens (tertiary/aromatic N) is 2. The van der Waals surface area contributed by atoms with E-state index in [0.29, 0.717) is 6.29 Å². The van der Waals surface area contributed by atoms with Crippen molar-refractivity contribution in [1.29, 1.82) is 0 Å². The Morgan fingerprint density at radius 3 is 2.78 bits per heavy atom. The van der Waals surface area contributed by atoms with Gasteiger partial charge in [-0.05, 0) is 6.07 Å². The number of aromatic nitrogens is 2. The summed E-state index contributed by atoms with van der Waals surface area (Å²) in [5.74, 6) is -0.726. The van der Waals surface area contributed by atoms with Crippen molar-refractivity contribution in [3.05, 3.63) is 29.6 Å². The van der Waals surface area contributed by atoms with Crippen LogP contribution in [-0.2, 0) is 4.74 Å². The number of hydrogen-bond donors (Lipinski definition) is 1. The molecule has 0 fully saturated rings. The van der Waals surface area contributed by atoms with Crippen LogP contribution in [0.3, 0.4) is 0 Å². The van der Waals surface area contributed by atoms with Gasteiger partial charge in [-0.3, -0.25) is 4.79 Å². The summed E-state index contributed by atoms with van der Waals surface area (Å²) in [5.41, 5.74) is 0.193. The number of pyridine rings is 1. The van der Waals surface area contributed by atoms with E-state index in [1.165, 1.54) is 19.4 Å². The number of esters is 1. The zero-order valence-corrected chi connectivity index (χ0v) is 9.28. The maximum atomic E-state index is 11.6. The molecule has 0 atom stereocenters. The first kappa shape index (κ1) is 11.8. The maximum absolute atomic E-state index is 11.6. The molecule has 0 amide bonds. The van der Waals surface area contributed by atoms with E-state index in [-0.39, 0.29) is 22.2 Å². The molecule has 1 N–H and O–H groups in total. The van der Waals surface area contributed by atoms with Gasteiger partial charge in [0.25, 0.3) is 0 Å². The molecular weight excluding hydrogens is 240 g/mol. The Balaban J connectivity index is 2.89. The summed E-state index contributed by atoms with van der Waals surface area (Å²) in [6, 6.07) is 1.40. The lowest BCUT2D eigenvalue weighted by Crippen LogP contribution is -2.07. The van der Waals surface area contributed by atoms with Gasteiger partial charge in [0.15, 0.2) is 11.9 Å². The largest absolute Gasteiger partial charge is 0.465 e. The predicted octanol–water partition coefficient (Wildman–Crippen LogP) is 1.16. The van der Waals surface area contributed by atoms with Crippen LogP contribution >= 0.6 is 0 Å². The quantitative estimate of drug-likeness (QED) is 0.632. The zero-order chi connectivity index (χ0) is 13.3. The Morgan fingerprint density at radius 1 is 1.50 bits per heavy atom. The molecule has 0 saturated heterocycles. The highest BCUT2D eigenvalue weighted by molar-refractivity contribution is 6.10.